The smallest absolute Gasteiger partial charge is 0.256 e. The average molecular weight is 385 g/mol. The summed E-state index contributed by atoms with van der Waals surface area (Å²) in [6.45, 7) is 3.69. The lowest BCUT2D eigenvalue weighted by Gasteiger charge is -2.29. The first kappa shape index (κ1) is 17.9. The highest BCUT2D eigenvalue weighted by atomic mass is 16.2. The summed E-state index contributed by atoms with van der Waals surface area (Å²) in [6, 6.07) is 19.8. The molecule has 146 valence electrons. The van der Waals surface area contributed by atoms with Gasteiger partial charge in [-0.25, -0.2) is 0 Å². The van der Waals surface area contributed by atoms with Crippen LogP contribution >= 0.6 is 0 Å². The maximum Gasteiger partial charge on any atom is 0.256 e. The molecule has 2 aromatic carbocycles. The largest absolute Gasteiger partial charge is 0.338 e. The second-order valence-electron chi connectivity index (χ2n) is 8.04. The van der Waals surface area contributed by atoms with Gasteiger partial charge in [0, 0.05) is 50.0 Å². The van der Waals surface area contributed by atoms with E-state index in [1.54, 1.807) is 13.1 Å². The predicted octanol–water partition coefficient (Wildman–Crippen LogP) is 3.53. The zero-order valence-corrected chi connectivity index (χ0v) is 16.4. The monoisotopic (exact) mass is 385 g/mol. The summed E-state index contributed by atoms with van der Waals surface area (Å²) in [7, 11) is 0. The van der Waals surface area contributed by atoms with Crippen LogP contribution in [0.2, 0.25) is 0 Å². The summed E-state index contributed by atoms with van der Waals surface area (Å²) in [5.41, 5.74) is 2.56. The molecule has 1 aromatic heterocycles. The van der Waals surface area contributed by atoms with Gasteiger partial charge in [-0.3, -0.25) is 14.6 Å². The third-order valence-electron chi connectivity index (χ3n) is 6.36. The number of hydrogen-bond acceptors (Lipinski definition) is 3. The number of aromatic nitrogens is 1. The Morgan fingerprint density at radius 2 is 1.72 bits per heavy atom. The van der Waals surface area contributed by atoms with Crippen molar-refractivity contribution in [1.82, 2.24) is 14.8 Å². The Balaban J connectivity index is 1.45. The number of amides is 2. The summed E-state index contributed by atoms with van der Waals surface area (Å²) >= 11 is 0. The summed E-state index contributed by atoms with van der Waals surface area (Å²) in [5, 5.41) is 0.975. The highest BCUT2D eigenvalue weighted by molar-refractivity contribution is 6.05. The van der Waals surface area contributed by atoms with Crippen LogP contribution in [-0.4, -0.2) is 46.2 Å². The minimum absolute atomic E-state index is 0.0298. The molecule has 0 N–H and O–H groups in total. The summed E-state index contributed by atoms with van der Waals surface area (Å²) in [6.07, 6.45) is 1.73. The Morgan fingerprint density at radius 1 is 0.931 bits per heavy atom. The van der Waals surface area contributed by atoms with E-state index in [9.17, 15) is 9.59 Å². The number of carbonyl (C=O) groups is 2. The summed E-state index contributed by atoms with van der Waals surface area (Å²) < 4.78 is 0. The van der Waals surface area contributed by atoms with Gasteiger partial charge in [0.2, 0.25) is 5.91 Å². The Morgan fingerprint density at radius 3 is 2.52 bits per heavy atom. The van der Waals surface area contributed by atoms with E-state index in [0.29, 0.717) is 31.1 Å². The zero-order valence-electron chi connectivity index (χ0n) is 16.4. The molecule has 0 unspecified atom stereocenters. The van der Waals surface area contributed by atoms with E-state index in [1.807, 2.05) is 58.3 Å². The number of likely N-dealkylation sites (tertiary alicyclic amines) is 2. The van der Waals surface area contributed by atoms with Crippen molar-refractivity contribution < 1.29 is 9.59 Å². The van der Waals surface area contributed by atoms with Crippen molar-refractivity contribution in [2.24, 2.45) is 11.8 Å². The van der Waals surface area contributed by atoms with Gasteiger partial charge in [0.05, 0.1) is 17.1 Å². The predicted molar refractivity (Wildman–Crippen MR) is 111 cm³/mol. The van der Waals surface area contributed by atoms with Crippen LogP contribution in [0.1, 0.15) is 28.9 Å². The van der Waals surface area contributed by atoms with E-state index < -0.39 is 0 Å². The van der Waals surface area contributed by atoms with Crippen LogP contribution < -0.4 is 0 Å². The molecule has 2 fully saturated rings. The Labute approximate surface area is 170 Å². The van der Waals surface area contributed by atoms with Crippen LogP contribution in [-0.2, 0) is 4.79 Å². The lowest BCUT2D eigenvalue weighted by Crippen LogP contribution is -2.36. The second-order valence-corrected chi connectivity index (χ2v) is 8.04. The van der Waals surface area contributed by atoms with E-state index >= 15 is 0 Å². The molecule has 0 bridgehead atoms. The van der Waals surface area contributed by atoms with Crippen molar-refractivity contribution in [2.75, 3.05) is 19.6 Å². The van der Waals surface area contributed by atoms with Crippen LogP contribution in [0.25, 0.3) is 10.9 Å². The Hall–Kier alpha value is -3.21. The molecule has 5 heteroatoms. The van der Waals surface area contributed by atoms with Crippen molar-refractivity contribution >= 4 is 22.7 Å². The molecule has 29 heavy (non-hydrogen) atoms. The van der Waals surface area contributed by atoms with Crippen molar-refractivity contribution in [3.8, 4) is 0 Å². The molecule has 3 heterocycles. The average Bonchev–Trinajstić information content (AvgIpc) is 3.31. The minimum Gasteiger partial charge on any atom is -0.338 e. The Kier molecular flexibility index (Phi) is 4.31. The van der Waals surface area contributed by atoms with Crippen molar-refractivity contribution in [3.63, 3.8) is 0 Å². The topological polar surface area (TPSA) is 53.5 Å². The number of para-hydroxylation sites is 1. The van der Waals surface area contributed by atoms with Crippen molar-refractivity contribution in [3.05, 3.63) is 78.0 Å². The highest BCUT2D eigenvalue weighted by Crippen LogP contribution is 2.45. The first-order valence-corrected chi connectivity index (χ1v) is 10.1. The van der Waals surface area contributed by atoms with E-state index in [-0.39, 0.29) is 23.8 Å². The standard InChI is InChI=1S/C24H23N3O2/c1-16(28)27-14-19-13-26(15-21(19)23(27)18-7-3-2-4-8-18)24(29)20-11-5-9-17-10-6-12-25-22(17)20/h2-12,19,21,23H,13-15H2,1H3/t19-,21-,23+/m1/s1. The van der Waals surface area contributed by atoms with Crippen molar-refractivity contribution in [1.29, 1.82) is 0 Å². The van der Waals surface area contributed by atoms with E-state index in [4.69, 9.17) is 0 Å². The zero-order chi connectivity index (χ0) is 20.0. The fourth-order valence-electron chi connectivity index (χ4n) is 5.06. The fraction of sp³-hybridized carbons (Fsp3) is 0.292. The molecule has 0 aliphatic carbocycles. The van der Waals surface area contributed by atoms with Gasteiger partial charge < -0.3 is 9.80 Å². The van der Waals surface area contributed by atoms with E-state index in [0.717, 1.165) is 16.5 Å². The van der Waals surface area contributed by atoms with Gasteiger partial charge in [0.15, 0.2) is 0 Å². The number of carbonyl (C=O) groups excluding carboxylic acids is 2. The molecule has 0 saturated carbocycles. The lowest BCUT2D eigenvalue weighted by molar-refractivity contribution is -0.130. The SMILES string of the molecule is CC(=O)N1C[C@H]2CN(C(=O)c3cccc4cccnc34)C[C@H]2[C@@H]1c1ccccc1. The first-order valence-electron chi connectivity index (χ1n) is 10.1. The molecule has 2 aliphatic rings. The van der Waals surface area contributed by atoms with Crippen LogP contribution in [0.5, 0.6) is 0 Å². The number of hydrogen-bond donors (Lipinski definition) is 0. The van der Waals surface area contributed by atoms with Gasteiger partial charge in [-0.2, -0.15) is 0 Å². The maximum atomic E-state index is 13.4. The maximum absolute atomic E-state index is 13.4. The molecule has 2 saturated heterocycles. The number of benzene rings is 2. The van der Waals surface area contributed by atoms with Gasteiger partial charge in [0.1, 0.15) is 0 Å². The van der Waals surface area contributed by atoms with E-state index in [1.165, 1.54) is 0 Å². The molecule has 3 aromatic rings. The molecular formula is C24H23N3O2. The molecule has 0 spiro atoms. The number of rotatable bonds is 2. The molecule has 2 amide bonds. The lowest BCUT2D eigenvalue weighted by atomic mass is 9.89. The number of pyridine rings is 1. The van der Waals surface area contributed by atoms with Crippen LogP contribution in [0, 0.1) is 11.8 Å². The third-order valence-corrected chi connectivity index (χ3v) is 6.36. The molecule has 3 atom stereocenters. The fourth-order valence-corrected chi connectivity index (χ4v) is 5.06. The first-order chi connectivity index (χ1) is 14.1. The van der Waals surface area contributed by atoms with Gasteiger partial charge >= 0.3 is 0 Å². The quantitative estimate of drug-likeness (QED) is 0.678. The van der Waals surface area contributed by atoms with Gasteiger partial charge in [-0.1, -0.05) is 48.5 Å². The van der Waals surface area contributed by atoms with Crippen LogP contribution in [0.4, 0.5) is 0 Å². The molecule has 0 radical (unpaired) electrons. The number of nitrogens with zero attached hydrogens (tertiary/aromatic N) is 3. The van der Waals surface area contributed by atoms with Gasteiger partial charge in [-0.05, 0) is 17.7 Å². The Bertz CT molecular complexity index is 1080. The third kappa shape index (κ3) is 2.97. The summed E-state index contributed by atoms with van der Waals surface area (Å²) in [5.74, 6) is 0.693. The highest BCUT2D eigenvalue weighted by Gasteiger charge is 2.49. The van der Waals surface area contributed by atoms with Gasteiger partial charge in [0.25, 0.3) is 5.91 Å². The molecule has 5 nitrogen and oxygen atoms in total. The minimum atomic E-state index is 0.0298. The van der Waals surface area contributed by atoms with Crippen LogP contribution in [0.3, 0.4) is 0 Å². The molecule has 2 aliphatic heterocycles. The molecular weight excluding hydrogens is 362 g/mol. The number of fused-ring (bicyclic) bond motifs is 2. The second kappa shape index (κ2) is 6.99. The normalized spacial score (nSPS) is 23.4. The van der Waals surface area contributed by atoms with Crippen molar-refractivity contribution in [2.45, 2.75) is 13.0 Å². The van der Waals surface area contributed by atoms with Crippen LogP contribution in [0.15, 0.2) is 66.9 Å². The molecule has 5 rings (SSSR count). The summed E-state index contributed by atoms with van der Waals surface area (Å²) in [4.78, 5) is 34.0. The van der Waals surface area contributed by atoms with E-state index in [2.05, 4.69) is 17.1 Å². The van der Waals surface area contributed by atoms with Gasteiger partial charge in [-0.15, -0.1) is 0 Å².